The molecule has 0 unspecified atom stereocenters. The van der Waals surface area contributed by atoms with Gasteiger partial charge in [-0.25, -0.2) is 0 Å². The number of hydrogen-bond acceptors (Lipinski definition) is 3. The van der Waals surface area contributed by atoms with Crippen molar-refractivity contribution in [2.75, 3.05) is 13.2 Å². The fraction of sp³-hybridized carbons (Fsp3) is 0.545. The normalized spacial score (nSPS) is 32.4. The zero-order chi connectivity index (χ0) is 10.0. The van der Waals surface area contributed by atoms with Gasteiger partial charge >= 0.3 is 0 Å². The van der Waals surface area contributed by atoms with Crippen molar-refractivity contribution >= 4 is 5.84 Å². The van der Waals surface area contributed by atoms with Crippen molar-refractivity contribution in [2.24, 2.45) is 10.7 Å². The van der Waals surface area contributed by atoms with E-state index in [1.807, 2.05) is 0 Å². The molecule has 0 bridgehead atoms. The average Bonchev–Trinajstić information content (AvgIpc) is 2.19. The quantitative estimate of drug-likeness (QED) is 0.682. The number of rotatable bonds is 1. The third kappa shape index (κ3) is 1.73. The number of hydrogen-bond donors (Lipinski definition) is 1. The molecule has 0 amide bonds. The fourth-order valence-electron chi connectivity index (χ4n) is 1.90. The SMILES string of the molecule is C[C@@]1(C2=CCCC=C2)COCC(N)=N1. The summed E-state index contributed by atoms with van der Waals surface area (Å²) in [7, 11) is 0. The minimum absolute atomic E-state index is 0.265. The maximum absolute atomic E-state index is 5.69. The van der Waals surface area contributed by atoms with Gasteiger partial charge in [0.15, 0.2) is 0 Å². The summed E-state index contributed by atoms with van der Waals surface area (Å²) in [6, 6.07) is 0. The molecule has 3 nitrogen and oxygen atoms in total. The zero-order valence-electron chi connectivity index (χ0n) is 8.49. The molecule has 0 radical (unpaired) electrons. The van der Waals surface area contributed by atoms with Crippen LogP contribution in [0.3, 0.4) is 0 Å². The molecule has 0 spiro atoms. The Balaban J connectivity index is 2.26. The lowest BCUT2D eigenvalue weighted by molar-refractivity contribution is 0.121. The topological polar surface area (TPSA) is 47.6 Å². The van der Waals surface area contributed by atoms with Crippen molar-refractivity contribution < 1.29 is 4.74 Å². The van der Waals surface area contributed by atoms with E-state index in [1.54, 1.807) is 0 Å². The highest BCUT2D eigenvalue weighted by atomic mass is 16.5. The minimum atomic E-state index is -0.265. The molecular formula is C11H16N2O. The monoisotopic (exact) mass is 192 g/mol. The molecule has 1 aliphatic carbocycles. The Bertz CT molecular complexity index is 317. The van der Waals surface area contributed by atoms with Crippen LogP contribution in [0.25, 0.3) is 0 Å². The Kier molecular flexibility index (Phi) is 2.42. The second-order valence-electron chi connectivity index (χ2n) is 4.01. The first-order valence-corrected chi connectivity index (χ1v) is 5.00. The molecule has 0 aromatic heterocycles. The van der Waals surface area contributed by atoms with E-state index < -0.39 is 0 Å². The van der Waals surface area contributed by atoms with Crippen LogP contribution in [0.4, 0.5) is 0 Å². The average molecular weight is 192 g/mol. The minimum Gasteiger partial charge on any atom is -0.386 e. The lowest BCUT2D eigenvalue weighted by atomic mass is 9.88. The van der Waals surface area contributed by atoms with E-state index in [9.17, 15) is 0 Å². The zero-order valence-corrected chi connectivity index (χ0v) is 8.49. The summed E-state index contributed by atoms with van der Waals surface area (Å²) in [5, 5.41) is 0. The Morgan fingerprint density at radius 2 is 2.36 bits per heavy atom. The molecule has 2 rings (SSSR count). The van der Waals surface area contributed by atoms with Crippen LogP contribution in [-0.2, 0) is 4.74 Å². The van der Waals surface area contributed by atoms with E-state index in [-0.39, 0.29) is 5.54 Å². The number of allylic oxidation sites excluding steroid dienone is 2. The molecular weight excluding hydrogens is 176 g/mol. The van der Waals surface area contributed by atoms with E-state index in [2.05, 4.69) is 30.1 Å². The summed E-state index contributed by atoms with van der Waals surface area (Å²) < 4.78 is 5.42. The molecule has 0 aromatic rings. The van der Waals surface area contributed by atoms with Crippen molar-refractivity contribution in [3.05, 3.63) is 23.8 Å². The van der Waals surface area contributed by atoms with Crippen molar-refractivity contribution in [1.29, 1.82) is 0 Å². The summed E-state index contributed by atoms with van der Waals surface area (Å²) >= 11 is 0. The summed E-state index contributed by atoms with van der Waals surface area (Å²) in [4.78, 5) is 4.49. The van der Waals surface area contributed by atoms with Crippen LogP contribution < -0.4 is 5.73 Å². The largest absolute Gasteiger partial charge is 0.386 e. The Morgan fingerprint density at radius 1 is 1.50 bits per heavy atom. The van der Waals surface area contributed by atoms with Gasteiger partial charge in [0.1, 0.15) is 18.0 Å². The van der Waals surface area contributed by atoms with Gasteiger partial charge in [0.25, 0.3) is 0 Å². The Labute approximate surface area is 84.3 Å². The molecule has 1 aliphatic heterocycles. The first-order chi connectivity index (χ1) is 6.71. The predicted molar refractivity (Wildman–Crippen MR) is 57.3 cm³/mol. The highest BCUT2D eigenvalue weighted by molar-refractivity contribution is 5.83. The summed E-state index contributed by atoms with van der Waals surface area (Å²) in [5.41, 5.74) is 6.65. The molecule has 0 saturated heterocycles. The van der Waals surface area contributed by atoms with Gasteiger partial charge in [-0.1, -0.05) is 18.2 Å². The third-order valence-corrected chi connectivity index (χ3v) is 2.64. The van der Waals surface area contributed by atoms with Gasteiger partial charge < -0.3 is 10.5 Å². The molecule has 76 valence electrons. The van der Waals surface area contributed by atoms with Crippen molar-refractivity contribution in [1.82, 2.24) is 0 Å². The number of aliphatic imine (C=N–C) groups is 1. The highest BCUT2D eigenvalue weighted by Gasteiger charge is 2.30. The van der Waals surface area contributed by atoms with Gasteiger partial charge in [0.05, 0.1) is 6.61 Å². The fourth-order valence-corrected chi connectivity index (χ4v) is 1.90. The number of nitrogens with two attached hydrogens (primary N) is 1. The van der Waals surface area contributed by atoms with Crippen molar-refractivity contribution in [2.45, 2.75) is 25.3 Å². The number of amidine groups is 1. The van der Waals surface area contributed by atoms with Gasteiger partial charge in [-0.15, -0.1) is 0 Å². The number of ether oxygens (including phenoxy) is 1. The van der Waals surface area contributed by atoms with Crippen molar-refractivity contribution in [3.8, 4) is 0 Å². The molecule has 1 heterocycles. The van der Waals surface area contributed by atoms with E-state index in [4.69, 9.17) is 10.5 Å². The van der Waals surface area contributed by atoms with Crippen LogP contribution in [0.5, 0.6) is 0 Å². The maximum Gasteiger partial charge on any atom is 0.121 e. The number of nitrogens with zero attached hydrogens (tertiary/aromatic N) is 1. The van der Waals surface area contributed by atoms with Crippen LogP contribution >= 0.6 is 0 Å². The van der Waals surface area contributed by atoms with E-state index in [0.29, 0.717) is 19.0 Å². The van der Waals surface area contributed by atoms with E-state index >= 15 is 0 Å². The molecule has 14 heavy (non-hydrogen) atoms. The third-order valence-electron chi connectivity index (χ3n) is 2.64. The molecule has 0 fully saturated rings. The smallest absolute Gasteiger partial charge is 0.121 e. The van der Waals surface area contributed by atoms with Gasteiger partial charge in [0, 0.05) is 0 Å². The Morgan fingerprint density at radius 3 is 3.00 bits per heavy atom. The van der Waals surface area contributed by atoms with Gasteiger partial charge in [-0.05, 0) is 25.3 Å². The maximum atomic E-state index is 5.69. The van der Waals surface area contributed by atoms with Gasteiger partial charge in [0.2, 0.25) is 0 Å². The first kappa shape index (κ1) is 9.46. The summed E-state index contributed by atoms with van der Waals surface area (Å²) in [6.07, 6.45) is 8.76. The first-order valence-electron chi connectivity index (χ1n) is 5.00. The van der Waals surface area contributed by atoms with E-state index in [0.717, 1.165) is 12.8 Å². The van der Waals surface area contributed by atoms with E-state index in [1.165, 1.54) is 5.57 Å². The molecule has 3 heteroatoms. The molecule has 0 aromatic carbocycles. The van der Waals surface area contributed by atoms with Crippen LogP contribution in [0.15, 0.2) is 28.8 Å². The molecule has 2 aliphatic rings. The highest BCUT2D eigenvalue weighted by Crippen LogP contribution is 2.28. The lowest BCUT2D eigenvalue weighted by Crippen LogP contribution is -2.40. The van der Waals surface area contributed by atoms with Crippen LogP contribution in [0, 0.1) is 0 Å². The summed E-state index contributed by atoms with van der Waals surface area (Å²) in [5.74, 6) is 0.596. The van der Waals surface area contributed by atoms with Gasteiger partial charge in [-0.2, -0.15) is 0 Å². The standard InChI is InChI=1S/C11H16N2O/c1-11(8-14-7-10(12)13-11)9-5-3-2-4-6-9/h3,5-6H,2,4,7-8H2,1H3,(H2,12,13)/t11-/m0/s1. The molecule has 1 atom stereocenters. The summed E-state index contributed by atoms with van der Waals surface area (Å²) in [6.45, 7) is 3.16. The van der Waals surface area contributed by atoms with Crippen LogP contribution in [0.2, 0.25) is 0 Å². The van der Waals surface area contributed by atoms with Gasteiger partial charge in [-0.3, -0.25) is 4.99 Å². The Hall–Kier alpha value is -1.09. The second-order valence-corrected chi connectivity index (χ2v) is 4.01. The lowest BCUT2D eigenvalue weighted by Gasteiger charge is -2.31. The predicted octanol–water partition coefficient (Wildman–Crippen LogP) is 1.41. The van der Waals surface area contributed by atoms with Crippen LogP contribution in [0.1, 0.15) is 19.8 Å². The van der Waals surface area contributed by atoms with Crippen LogP contribution in [-0.4, -0.2) is 24.6 Å². The molecule has 2 N–H and O–H groups in total. The second kappa shape index (κ2) is 3.58. The molecule has 0 saturated carbocycles. The van der Waals surface area contributed by atoms with Crippen molar-refractivity contribution in [3.63, 3.8) is 0 Å².